The van der Waals surface area contributed by atoms with Crippen LogP contribution >= 0.6 is 0 Å². The van der Waals surface area contributed by atoms with Gasteiger partial charge in [-0.05, 0) is 30.0 Å². The summed E-state index contributed by atoms with van der Waals surface area (Å²) in [6.07, 6.45) is 0. The Balaban J connectivity index is 1.99. The quantitative estimate of drug-likeness (QED) is 0.775. The van der Waals surface area contributed by atoms with Crippen LogP contribution in [0.4, 0.5) is 5.69 Å². The van der Waals surface area contributed by atoms with Crippen LogP contribution in [0.3, 0.4) is 0 Å². The maximum atomic E-state index is 5.51. The minimum Gasteiger partial charge on any atom is -0.381 e. The summed E-state index contributed by atoms with van der Waals surface area (Å²) in [5, 5.41) is 3.51. The van der Waals surface area contributed by atoms with Gasteiger partial charge in [-0.3, -0.25) is 0 Å². The van der Waals surface area contributed by atoms with Crippen LogP contribution in [-0.2, 0) is 17.9 Å². The second-order valence-electron chi connectivity index (χ2n) is 5.54. The number of hydrogen-bond donors (Lipinski definition) is 1. The zero-order chi connectivity index (χ0) is 15.1. The lowest BCUT2D eigenvalue weighted by Crippen LogP contribution is -2.03. The minimum absolute atomic E-state index is 0.582. The van der Waals surface area contributed by atoms with Gasteiger partial charge in [-0.25, -0.2) is 0 Å². The van der Waals surface area contributed by atoms with Gasteiger partial charge in [-0.2, -0.15) is 0 Å². The first kappa shape index (κ1) is 15.6. The van der Waals surface area contributed by atoms with Crippen LogP contribution in [0.25, 0.3) is 0 Å². The molecule has 0 aliphatic heterocycles. The highest BCUT2D eigenvalue weighted by Gasteiger charge is 2.02. The Morgan fingerprint density at radius 1 is 1.00 bits per heavy atom. The van der Waals surface area contributed by atoms with Gasteiger partial charge in [0.2, 0.25) is 0 Å². The van der Waals surface area contributed by atoms with Crippen LogP contribution in [-0.4, -0.2) is 6.61 Å². The van der Waals surface area contributed by atoms with Crippen LogP contribution in [0.2, 0.25) is 0 Å². The number of anilines is 1. The van der Waals surface area contributed by atoms with Gasteiger partial charge < -0.3 is 10.1 Å². The second-order valence-corrected chi connectivity index (χ2v) is 5.54. The Kier molecular flexibility index (Phi) is 5.82. The Hall–Kier alpha value is -1.80. The number of nitrogens with one attached hydrogen (secondary N) is 1. The molecule has 0 aliphatic carbocycles. The summed E-state index contributed by atoms with van der Waals surface area (Å²) in [5.41, 5.74) is 5.04. The molecule has 0 fully saturated rings. The third-order valence-corrected chi connectivity index (χ3v) is 3.61. The number of benzene rings is 2. The van der Waals surface area contributed by atoms with Crippen molar-refractivity contribution in [3.05, 3.63) is 65.2 Å². The third kappa shape index (κ3) is 4.61. The minimum atomic E-state index is 0.582. The maximum Gasteiger partial charge on any atom is 0.0736 e. The van der Waals surface area contributed by atoms with E-state index in [-0.39, 0.29) is 0 Å². The monoisotopic (exact) mass is 283 g/mol. The highest BCUT2D eigenvalue weighted by atomic mass is 16.5. The van der Waals surface area contributed by atoms with E-state index in [1.807, 2.05) is 6.92 Å². The van der Waals surface area contributed by atoms with Crippen LogP contribution in [0.15, 0.2) is 48.5 Å². The van der Waals surface area contributed by atoms with Gasteiger partial charge in [0.05, 0.1) is 6.61 Å². The molecule has 0 unspecified atom stereocenters. The summed E-state index contributed by atoms with van der Waals surface area (Å²) in [5.74, 6) is 0.582. The lowest BCUT2D eigenvalue weighted by molar-refractivity contribution is 0.134. The molecule has 0 aliphatic rings. The molecule has 0 amide bonds. The number of hydrogen-bond acceptors (Lipinski definition) is 2. The standard InChI is InChI=1S/C19H25NO/c1-4-21-14-18-7-5-6-8-19(18)20-13-16-9-11-17(12-10-16)15(2)3/h5-12,15,20H,4,13-14H2,1-3H3. The Labute approximate surface area is 128 Å². The molecule has 21 heavy (non-hydrogen) atoms. The molecular formula is C19H25NO. The first-order valence-corrected chi connectivity index (χ1v) is 7.69. The summed E-state index contributed by atoms with van der Waals surface area (Å²) < 4.78 is 5.51. The maximum absolute atomic E-state index is 5.51. The van der Waals surface area contributed by atoms with Crippen molar-refractivity contribution >= 4 is 5.69 Å². The molecule has 0 spiro atoms. The summed E-state index contributed by atoms with van der Waals surface area (Å²) in [6.45, 7) is 8.69. The van der Waals surface area contributed by atoms with Gasteiger partial charge in [0.25, 0.3) is 0 Å². The van der Waals surface area contributed by atoms with Crippen molar-refractivity contribution in [3.63, 3.8) is 0 Å². The van der Waals surface area contributed by atoms with Gasteiger partial charge >= 0.3 is 0 Å². The van der Waals surface area contributed by atoms with Crippen molar-refractivity contribution in [1.82, 2.24) is 0 Å². The van der Waals surface area contributed by atoms with Gasteiger partial charge in [0, 0.05) is 24.4 Å². The highest BCUT2D eigenvalue weighted by Crippen LogP contribution is 2.18. The Bertz CT molecular complexity index is 546. The lowest BCUT2D eigenvalue weighted by atomic mass is 10.0. The first-order chi connectivity index (χ1) is 10.2. The summed E-state index contributed by atoms with van der Waals surface area (Å²) in [7, 11) is 0. The largest absolute Gasteiger partial charge is 0.381 e. The van der Waals surface area contributed by atoms with Crippen molar-refractivity contribution in [2.45, 2.75) is 39.8 Å². The number of para-hydroxylation sites is 1. The van der Waals surface area contributed by atoms with E-state index in [1.165, 1.54) is 16.7 Å². The molecule has 2 nitrogen and oxygen atoms in total. The van der Waals surface area contributed by atoms with Crippen molar-refractivity contribution in [2.24, 2.45) is 0 Å². The number of rotatable bonds is 7. The molecule has 0 aromatic heterocycles. The van der Waals surface area contributed by atoms with Crippen LogP contribution in [0, 0.1) is 0 Å². The smallest absolute Gasteiger partial charge is 0.0736 e. The van der Waals surface area contributed by atoms with Crippen LogP contribution < -0.4 is 5.32 Å². The molecule has 0 bridgehead atoms. The Morgan fingerprint density at radius 2 is 1.71 bits per heavy atom. The zero-order valence-electron chi connectivity index (χ0n) is 13.2. The van der Waals surface area contributed by atoms with Gasteiger partial charge in [0.15, 0.2) is 0 Å². The van der Waals surface area contributed by atoms with E-state index in [4.69, 9.17) is 4.74 Å². The summed E-state index contributed by atoms with van der Waals surface area (Å²) in [4.78, 5) is 0. The molecule has 2 heteroatoms. The van der Waals surface area contributed by atoms with Gasteiger partial charge in [-0.1, -0.05) is 56.3 Å². The molecule has 0 radical (unpaired) electrons. The SMILES string of the molecule is CCOCc1ccccc1NCc1ccc(C(C)C)cc1. The van der Waals surface area contributed by atoms with E-state index in [2.05, 4.69) is 67.7 Å². The van der Waals surface area contributed by atoms with Crippen LogP contribution in [0.5, 0.6) is 0 Å². The molecule has 1 N–H and O–H groups in total. The number of ether oxygens (including phenoxy) is 1. The van der Waals surface area contributed by atoms with Crippen LogP contribution in [0.1, 0.15) is 43.4 Å². The molecule has 2 rings (SSSR count). The van der Waals surface area contributed by atoms with Crippen molar-refractivity contribution < 1.29 is 4.74 Å². The fourth-order valence-corrected chi connectivity index (χ4v) is 2.25. The van der Waals surface area contributed by atoms with Crippen molar-refractivity contribution in [2.75, 3.05) is 11.9 Å². The fraction of sp³-hybridized carbons (Fsp3) is 0.368. The average Bonchev–Trinajstić information content (AvgIpc) is 2.52. The molecule has 112 valence electrons. The lowest BCUT2D eigenvalue weighted by Gasteiger charge is -2.13. The average molecular weight is 283 g/mol. The van der Waals surface area contributed by atoms with E-state index in [1.54, 1.807) is 0 Å². The van der Waals surface area contributed by atoms with E-state index < -0.39 is 0 Å². The topological polar surface area (TPSA) is 21.3 Å². The summed E-state index contributed by atoms with van der Waals surface area (Å²) >= 11 is 0. The second kappa shape index (κ2) is 7.84. The first-order valence-electron chi connectivity index (χ1n) is 7.69. The van der Waals surface area contributed by atoms with E-state index in [0.717, 1.165) is 18.8 Å². The molecule has 0 heterocycles. The fourth-order valence-electron chi connectivity index (χ4n) is 2.25. The zero-order valence-corrected chi connectivity index (χ0v) is 13.2. The van der Waals surface area contributed by atoms with Gasteiger partial charge in [0.1, 0.15) is 0 Å². The molecule has 2 aromatic rings. The van der Waals surface area contributed by atoms with Crippen molar-refractivity contribution in [3.8, 4) is 0 Å². The van der Waals surface area contributed by atoms with Gasteiger partial charge in [-0.15, -0.1) is 0 Å². The molecule has 2 aromatic carbocycles. The summed E-state index contributed by atoms with van der Waals surface area (Å²) in [6, 6.07) is 17.2. The van der Waals surface area contributed by atoms with E-state index in [9.17, 15) is 0 Å². The predicted octanol–water partition coefficient (Wildman–Crippen LogP) is 4.96. The molecular weight excluding hydrogens is 258 g/mol. The van der Waals surface area contributed by atoms with Crippen molar-refractivity contribution in [1.29, 1.82) is 0 Å². The van der Waals surface area contributed by atoms with E-state index >= 15 is 0 Å². The predicted molar refractivity (Wildman–Crippen MR) is 89.6 cm³/mol. The molecule has 0 atom stereocenters. The molecule has 0 saturated heterocycles. The third-order valence-electron chi connectivity index (χ3n) is 3.61. The normalized spacial score (nSPS) is 10.9. The Morgan fingerprint density at radius 3 is 2.38 bits per heavy atom. The molecule has 0 saturated carbocycles. The van der Waals surface area contributed by atoms with E-state index in [0.29, 0.717) is 12.5 Å². The highest BCUT2D eigenvalue weighted by molar-refractivity contribution is 5.51.